The number of hydrogen-bond acceptors (Lipinski definition) is 2. The van der Waals surface area contributed by atoms with Gasteiger partial charge >= 0.3 is 0 Å². The molecule has 2 rings (SSSR count). The van der Waals surface area contributed by atoms with Gasteiger partial charge in [0.2, 0.25) is 0 Å². The lowest BCUT2D eigenvalue weighted by Crippen LogP contribution is -2.24. The van der Waals surface area contributed by atoms with E-state index in [1.54, 1.807) is 0 Å². The van der Waals surface area contributed by atoms with E-state index >= 15 is 0 Å². The summed E-state index contributed by atoms with van der Waals surface area (Å²) in [4.78, 5) is 11.9. The van der Waals surface area contributed by atoms with Crippen molar-refractivity contribution in [3.8, 4) is 0 Å². The second-order valence-electron chi connectivity index (χ2n) is 5.23. The first-order chi connectivity index (χ1) is 7.02. The average Bonchev–Trinajstić information content (AvgIpc) is 2.46. The van der Waals surface area contributed by atoms with Crippen molar-refractivity contribution in [1.29, 1.82) is 0 Å². The summed E-state index contributed by atoms with van der Waals surface area (Å²) in [5, 5.41) is 0. The molecule has 1 aliphatic heterocycles. The number of ether oxygens (including phenoxy) is 1. The van der Waals surface area contributed by atoms with Gasteiger partial charge in [-0.25, -0.2) is 0 Å². The minimum Gasteiger partial charge on any atom is -0.490 e. The Kier molecular flexibility index (Phi) is 2.45. The zero-order chi connectivity index (χ0) is 11.1. The molecule has 1 aliphatic carbocycles. The summed E-state index contributed by atoms with van der Waals surface area (Å²) in [6.07, 6.45) is 6.45. The number of ketones is 1. The van der Waals surface area contributed by atoms with Crippen molar-refractivity contribution in [2.45, 2.75) is 46.1 Å². The SMILES string of the molecule is C/C=C\C1CC2=C(CC(C)(C)CC2=O)O1. The van der Waals surface area contributed by atoms with Gasteiger partial charge in [0.25, 0.3) is 0 Å². The predicted molar refractivity (Wildman–Crippen MR) is 59.4 cm³/mol. The van der Waals surface area contributed by atoms with Crippen LogP contribution in [0.25, 0.3) is 0 Å². The maximum absolute atomic E-state index is 11.9. The molecule has 2 heteroatoms. The summed E-state index contributed by atoms with van der Waals surface area (Å²) in [5.41, 5.74) is 1.01. The zero-order valence-corrected chi connectivity index (χ0v) is 9.67. The van der Waals surface area contributed by atoms with E-state index in [1.165, 1.54) is 0 Å². The fraction of sp³-hybridized carbons (Fsp3) is 0.615. The van der Waals surface area contributed by atoms with Gasteiger partial charge in [-0.2, -0.15) is 0 Å². The molecule has 0 radical (unpaired) electrons. The molecule has 0 saturated heterocycles. The van der Waals surface area contributed by atoms with Gasteiger partial charge < -0.3 is 4.74 Å². The fourth-order valence-electron chi connectivity index (χ4n) is 2.39. The summed E-state index contributed by atoms with van der Waals surface area (Å²) in [6.45, 7) is 6.23. The van der Waals surface area contributed by atoms with Crippen molar-refractivity contribution < 1.29 is 9.53 Å². The molecule has 0 N–H and O–H groups in total. The lowest BCUT2D eigenvalue weighted by Gasteiger charge is -2.28. The Morgan fingerprint density at radius 2 is 2.13 bits per heavy atom. The van der Waals surface area contributed by atoms with Crippen LogP contribution in [0.2, 0.25) is 0 Å². The number of hydrogen-bond donors (Lipinski definition) is 0. The standard InChI is InChI=1S/C13H18O2/c1-4-5-9-6-10-11(14)7-13(2,3)8-12(10)15-9/h4-5,9H,6-8H2,1-3H3/b5-4-. The molecule has 0 fully saturated rings. The van der Waals surface area contributed by atoms with Gasteiger partial charge in [-0.3, -0.25) is 4.79 Å². The Hall–Kier alpha value is -1.05. The van der Waals surface area contributed by atoms with Crippen molar-refractivity contribution in [3.63, 3.8) is 0 Å². The summed E-state index contributed by atoms with van der Waals surface area (Å²) in [6, 6.07) is 0. The molecule has 1 unspecified atom stereocenters. The molecule has 82 valence electrons. The molecule has 15 heavy (non-hydrogen) atoms. The maximum Gasteiger partial charge on any atom is 0.162 e. The van der Waals surface area contributed by atoms with E-state index in [1.807, 2.05) is 19.1 Å². The van der Waals surface area contributed by atoms with Crippen molar-refractivity contribution >= 4 is 5.78 Å². The van der Waals surface area contributed by atoms with Crippen LogP contribution in [0.4, 0.5) is 0 Å². The van der Waals surface area contributed by atoms with E-state index in [-0.39, 0.29) is 17.3 Å². The van der Waals surface area contributed by atoms with Gasteiger partial charge in [0.15, 0.2) is 5.78 Å². The van der Waals surface area contributed by atoms with E-state index in [4.69, 9.17) is 4.74 Å². The minimum absolute atomic E-state index is 0.0702. The fourth-order valence-corrected chi connectivity index (χ4v) is 2.39. The van der Waals surface area contributed by atoms with Crippen LogP contribution in [-0.4, -0.2) is 11.9 Å². The molecular formula is C13H18O2. The van der Waals surface area contributed by atoms with Gasteiger partial charge in [0.05, 0.1) is 0 Å². The first-order valence-corrected chi connectivity index (χ1v) is 5.56. The lowest BCUT2D eigenvalue weighted by atomic mass is 9.76. The first kappa shape index (κ1) is 10.5. The highest BCUT2D eigenvalue weighted by Crippen LogP contribution is 2.42. The van der Waals surface area contributed by atoms with Gasteiger partial charge in [-0.15, -0.1) is 0 Å². The van der Waals surface area contributed by atoms with Crippen LogP contribution in [0.3, 0.4) is 0 Å². The van der Waals surface area contributed by atoms with Gasteiger partial charge in [0, 0.05) is 24.8 Å². The van der Waals surface area contributed by atoms with Crippen LogP contribution in [0.1, 0.15) is 40.0 Å². The highest BCUT2D eigenvalue weighted by Gasteiger charge is 2.38. The molecule has 0 aromatic heterocycles. The Labute approximate surface area is 91.0 Å². The highest BCUT2D eigenvalue weighted by molar-refractivity contribution is 5.97. The van der Waals surface area contributed by atoms with E-state index in [9.17, 15) is 4.79 Å². The molecule has 0 aromatic carbocycles. The van der Waals surface area contributed by atoms with Crippen molar-refractivity contribution in [2.75, 3.05) is 0 Å². The lowest BCUT2D eigenvalue weighted by molar-refractivity contribution is -0.118. The quantitative estimate of drug-likeness (QED) is 0.616. The smallest absolute Gasteiger partial charge is 0.162 e. The minimum atomic E-state index is 0.0702. The van der Waals surface area contributed by atoms with Crippen molar-refractivity contribution in [3.05, 3.63) is 23.5 Å². The summed E-state index contributed by atoms with van der Waals surface area (Å²) >= 11 is 0. The van der Waals surface area contributed by atoms with Crippen LogP contribution in [-0.2, 0) is 9.53 Å². The molecule has 1 atom stereocenters. The normalized spacial score (nSPS) is 29.5. The van der Waals surface area contributed by atoms with E-state index in [0.717, 1.165) is 24.2 Å². The Bertz CT molecular complexity index is 348. The predicted octanol–water partition coefficient (Wildman–Crippen LogP) is 2.99. The topological polar surface area (TPSA) is 26.3 Å². The highest BCUT2D eigenvalue weighted by atomic mass is 16.5. The van der Waals surface area contributed by atoms with Crippen LogP contribution < -0.4 is 0 Å². The van der Waals surface area contributed by atoms with Crippen LogP contribution in [0, 0.1) is 5.41 Å². The molecule has 0 spiro atoms. The summed E-state index contributed by atoms with van der Waals surface area (Å²) in [5.74, 6) is 1.23. The third kappa shape index (κ3) is 1.99. The largest absolute Gasteiger partial charge is 0.490 e. The van der Waals surface area contributed by atoms with E-state index in [2.05, 4.69) is 13.8 Å². The number of carbonyl (C=O) groups is 1. The summed E-state index contributed by atoms with van der Waals surface area (Å²) in [7, 11) is 0. The van der Waals surface area contributed by atoms with Crippen LogP contribution in [0.15, 0.2) is 23.5 Å². The number of carbonyl (C=O) groups excluding carboxylic acids is 1. The average molecular weight is 206 g/mol. The zero-order valence-electron chi connectivity index (χ0n) is 9.67. The molecule has 0 saturated carbocycles. The third-order valence-electron chi connectivity index (χ3n) is 3.06. The molecule has 1 heterocycles. The molecule has 2 nitrogen and oxygen atoms in total. The molecule has 0 aromatic rings. The van der Waals surface area contributed by atoms with Crippen LogP contribution >= 0.6 is 0 Å². The van der Waals surface area contributed by atoms with Crippen molar-refractivity contribution in [1.82, 2.24) is 0 Å². The van der Waals surface area contributed by atoms with E-state index < -0.39 is 0 Å². The van der Waals surface area contributed by atoms with Gasteiger partial charge in [-0.1, -0.05) is 19.9 Å². The second-order valence-corrected chi connectivity index (χ2v) is 5.23. The van der Waals surface area contributed by atoms with Crippen molar-refractivity contribution in [2.24, 2.45) is 5.41 Å². The Balaban J connectivity index is 2.19. The van der Waals surface area contributed by atoms with Gasteiger partial charge in [-0.05, 0) is 18.4 Å². The van der Waals surface area contributed by atoms with Crippen LogP contribution in [0.5, 0.6) is 0 Å². The molecule has 0 amide bonds. The Morgan fingerprint density at radius 3 is 2.80 bits per heavy atom. The second kappa shape index (κ2) is 3.51. The van der Waals surface area contributed by atoms with E-state index in [0.29, 0.717) is 6.42 Å². The number of allylic oxidation sites excluding steroid dienone is 2. The number of rotatable bonds is 1. The number of Topliss-reactive ketones (excluding diaryl/α,β-unsaturated/α-hetero) is 1. The molecule has 2 aliphatic rings. The third-order valence-corrected chi connectivity index (χ3v) is 3.06. The van der Waals surface area contributed by atoms with Gasteiger partial charge in [0.1, 0.15) is 11.9 Å². The maximum atomic E-state index is 11.9. The molecular weight excluding hydrogens is 188 g/mol. The first-order valence-electron chi connectivity index (χ1n) is 5.56. The Morgan fingerprint density at radius 1 is 1.40 bits per heavy atom. The molecule has 0 bridgehead atoms. The monoisotopic (exact) mass is 206 g/mol. The summed E-state index contributed by atoms with van der Waals surface area (Å²) < 4.78 is 5.78.